The molecule has 4 N–H and O–H groups in total. The molecule has 1 saturated carbocycles. The lowest BCUT2D eigenvalue weighted by Gasteiger charge is -2.41. The summed E-state index contributed by atoms with van der Waals surface area (Å²) < 4.78 is 10.5. The summed E-state index contributed by atoms with van der Waals surface area (Å²) in [6.07, 6.45) is -3.73. The van der Waals surface area contributed by atoms with Gasteiger partial charge in [-0.15, -0.1) is 0 Å². The van der Waals surface area contributed by atoms with E-state index in [2.05, 4.69) is 5.32 Å². The second kappa shape index (κ2) is 8.67. The van der Waals surface area contributed by atoms with E-state index in [4.69, 9.17) is 9.47 Å². The van der Waals surface area contributed by atoms with Crippen LogP contribution in [0.15, 0.2) is 60.2 Å². The predicted molar refractivity (Wildman–Crippen MR) is 110 cm³/mol. The summed E-state index contributed by atoms with van der Waals surface area (Å²) in [5, 5.41) is 33.6. The Morgan fingerprint density at radius 1 is 0.900 bits per heavy atom. The van der Waals surface area contributed by atoms with Gasteiger partial charge in [-0.25, -0.2) is 0 Å². The molecule has 6 atom stereocenters. The smallest absolute Gasteiger partial charge is 0.247 e. The third-order valence-electron chi connectivity index (χ3n) is 5.66. The highest BCUT2D eigenvalue weighted by molar-refractivity contribution is 5.97. The van der Waals surface area contributed by atoms with Crippen molar-refractivity contribution < 1.29 is 29.6 Å². The first-order valence-corrected chi connectivity index (χ1v) is 9.88. The van der Waals surface area contributed by atoms with Crippen molar-refractivity contribution in [3.63, 3.8) is 0 Å². The number of benzene rings is 2. The number of carbonyl (C=O) groups excluding carboxylic acids is 1. The van der Waals surface area contributed by atoms with Crippen molar-refractivity contribution in [2.24, 2.45) is 0 Å². The Morgan fingerprint density at radius 3 is 2.17 bits per heavy atom. The molecule has 158 valence electrons. The summed E-state index contributed by atoms with van der Waals surface area (Å²) in [4.78, 5) is 12.6. The molecule has 2 aromatic carbocycles. The zero-order chi connectivity index (χ0) is 21.3. The highest BCUT2D eigenvalue weighted by Gasteiger charge is 2.53. The number of hydrogen-bond acceptors (Lipinski definition) is 6. The van der Waals surface area contributed by atoms with E-state index in [0.29, 0.717) is 5.57 Å². The molecule has 2 aliphatic rings. The van der Waals surface area contributed by atoms with Crippen molar-refractivity contribution in [2.45, 2.75) is 43.5 Å². The third kappa shape index (κ3) is 4.03. The summed E-state index contributed by atoms with van der Waals surface area (Å²) in [7, 11) is 0. The molecule has 0 spiro atoms. The SMILES string of the molecule is C/C(=C\c1ccc(-c2ccccc2)cc1)C(=O)N[C@@H]1[C@H](O)[C@@H](O)[C@H]2OCO[C@H]2[C@@H]1O. The van der Waals surface area contributed by atoms with Crippen molar-refractivity contribution in [3.8, 4) is 11.1 Å². The maximum atomic E-state index is 12.6. The molecule has 1 aliphatic carbocycles. The number of aliphatic hydroxyl groups excluding tert-OH is 3. The molecule has 1 amide bonds. The lowest BCUT2D eigenvalue weighted by molar-refractivity contribution is -0.155. The molecule has 7 nitrogen and oxygen atoms in total. The molecule has 0 unspecified atom stereocenters. The van der Waals surface area contributed by atoms with Gasteiger partial charge in [0.05, 0.1) is 6.04 Å². The molecular weight excluding hydrogens is 386 g/mol. The summed E-state index contributed by atoms with van der Waals surface area (Å²) in [6, 6.07) is 16.7. The molecule has 1 aliphatic heterocycles. The minimum absolute atomic E-state index is 0.0747. The van der Waals surface area contributed by atoms with Crippen LogP contribution in [0.25, 0.3) is 17.2 Å². The van der Waals surface area contributed by atoms with E-state index in [1.54, 1.807) is 13.0 Å². The molecule has 30 heavy (non-hydrogen) atoms. The third-order valence-corrected chi connectivity index (χ3v) is 5.66. The first-order valence-electron chi connectivity index (χ1n) is 9.88. The second-order valence-electron chi connectivity index (χ2n) is 7.67. The van der Waals surface area contributed by atoms with Gasteiger partial charge in [-0.1, -0.05) is 54.6 Å². The van der Waals surface area contributed by atoms with E-state index in [0.717, 1.165) is 16.7 Å². The van der Waals surface area contributed by atoms with E-state index in [1.807, 2.05) is 54.6 Å². The number of aliphatic hydroxyl groups is 3. The van der Waals surface area contributed by atoms with E-state index >= 15 is 0 Å². The van der Waals surface area contributed by atoms with Crippen LogP contribution in [0, 0.1) is 0 Å². The average molecular weight is 411 g/mol. The number of nitrogens with one attached hydrogen (secondary N) is 1. The fraction of sp³-hybridized carbons (Fsp3) is 0.348. The predicted octanol–water partition coefficient (Wildman–Crippen LogP) is 1.08. The fourth-order valence-electron chi connectivity index (χ4n) is 3.94. The van der Waals surface area contributed by atoms with Crippen LogP contribution in [-0.2, 0) is 14.3 Å². The second-order valence-corrected chi connectivity index (χ2v) is 7.67. The van der Waals surface area contributed by atoms with Crippen molar-refractivity contribution in [1.82, 2.24) is 5.32 Å². The van der Waals surface area contributed by atoms with Crippen LogP contribution in [0.5, 0.6) is 0 Å². The van der Waals surface area contributed by atoms with Crippen LogP contribution in [0.1, 0.15) is 12.5 Å². The molecule has 7 heteroatoms. The number of rotatable bonds is 4. The van der Waals surface area contributed by atoms with Crippen molar-refractivity contribution in [3.05, 3.63) is 65.7 Å². The number of amides is 1. The number of ether oxygens (including phenoxy) is 2. The maximum absolute atomic E-state index is 12.6. The van der Waals surface area contributed by atoms with Gasteiger partial charge in [-0.05, 0) is 29.7 Å². The number of fused-ring (bicyclic) bond motifs is 1. The number of carbonyl (C=O) groups is 1. The topological polar surface area (TPSA) is 108 Å². The normalized spacial score (nSPS) is 31.3. The van der Waals surface area contributed by atoms with Crippen LogP contribution in [0.4, 0.5) is 0 Å². The monoisotopic (exact) mass is 411 g/mol. The van der Waals surface area contributed by atoms with Crippen LogP contribution in [-0.4, -0.2) is 64.6 Å². The summed E-state index contributed by atoms with van der Waals surface area (Å²) in [6.45, 7) is 1.57. The van der Waals surface area contributed by atoms with Crippen LogP contribution >= 0.6 is 0 Å². The first kappa shape index (κ1) is 20.7. The molecule has 2 fully saturated rings. The van der Waals surface area contributed by atoms with Gasteiger partial charge in [0.25, 0.3) is 0 Å². The Morgan fingerprint density at radius 2 is 1.50 bits per heavy atom. The highest BCUT2D eigenvalue weighted by atomic mass is 16.7. The Balaban J connectivity index is 1.45. The Bertz CT molecular complexity index is 913. The van der Waals surface area contributed by atoms with Crippen molar-refractivity contribution in [2.75, 3.05) is 6.79 Å². The van der Waals surface area contributed by atoms with E-state index in [1.165, 1.54) is 0 Å². The van der Waals surface area contributed by atoms with E-state index in [9.17, 15) is 20.1 Å². The summed E-state index contributed by atoms with van der Waals surface area (Å²) >= 11 is 0. The van der Waals surface area contributed by atoms with Gasteiger partial charge in [0.2, 0.25) is 5.91 Å². The Hall–Kier alpha value is -2.55. The van der Waals surface area contributed by atoms with Gasteiger partial charge in [0.15, 0.2) is 0 Å². The quantitative estimate of drug-likeness (QED) is 0.561. The van der Waals surface area contributed by atoms with Gasteiger partial charge < -0.3 is 30.1 Å². The van der Waals surface area contributed by atoms with Crippen LogP contribution in [0.2, 0.25) is 0 Å². The van der Waals surface area contributed by atoms with Gasteiger partial charge in [-0.3, -0.25) is 4.79 Å². The van der Waals surface area contributed by atoms with E-state index in [-0.39, 0.29) is 6.79 Å². The van der Waals surface area contributed by atoms with Gasteiger partial charge in [-0.2, -0.15) is 0 Å². The molecular formula is C23H25NO6. The highest BCUT2D eigenvalue weighted by Crippen LogP contribution is 2.30. The lowest BCUT2D eigenvalue weighted by atomic mass is 9.83. The fourth-order valence-corrected chi connectivity index (χ4v) is 3.94. The summed E-state index contributed by atoms with van der Waals surface area (Å²) in [5.74, 6) is -0.449. The zero-order valence-electron chi connectivity index (χ0n) is 16.5. The van der Waals surface area contributed by atoms with Gasteiger partial charge >= 0.3 is 0 Å². The molecule has 0 radical (unpaired) electrons. The minimum Gasteiger partial charge on any atom is -0.388 e. The molecule has 4 rings (SSSR count). The lowest BCUT2D eigenvalue weighted by Crippen LogP contribution is -2.67. The minimum atomic E-state index is -1.37. The van der Waals surface area contributed by atoms with Crippen molar-refractivity contribution in [1.29, 1.82) is 0 Å². The molecule has 1 saturated heterocycles. The van der Waals surface area contributed by atoms with E-state index < -0.39 is 42.5 Å². The summed E-state index contributed by atoms with van der Waals surface area (Å²) in [5.41, 5.74) is 3.44. The number of hydrogen-bond donors (Lipinski definition) is 4. The maximum Gasteiger partial charge on any atom is 0.247 e. The van der Waals surface area contributed by atoms with Crippen LogP contribution in [0.3, 0.4) is 0 Å². The van der Waals surface area contributed by atoms with Gasteiger partial charge in [0.1, 0.15) is 37.3 Å². The largest absolute Gasteiger partial charge is 0.388 e. The standard InChI is InChI=1S/C23H25NO6/c1-13(11-14-7-9-16(10-8-14)15-5-3-2-4-6-15)23(28)24-17-18(25)20(27)22-21(19(17)26)29-12-30-22/h2-11,17-22,25-27H,12H2,1H3,(H,24,28)/b13-11+/t17-,18+,19-,20-,21+,22-/m1/s1. The van der Waals surface area contributed by atoms with Gasteiger partial charge in [0, 0.05) is 5.57 Å². The average Bonchev–Trinajstić information content (AvgIpc) is 3.26. The zero-order valence-corrected chi connectivity index (χ0v) is 16.5. The molecule has 0 bridgehead atoms. The molecule has 0 aromatic heterocycles. The van der Waals surface area contributed by atoms with Crippen LogP contribution < -0.4 is 5.32 Å². The van der Waals surface area contributed by atoms with Crippen molar-refractivity contribution >= 4 is 12.0 Å². The Labute approximate surface area is 174 Å². The Kier molecular flexibility index (Phi) is 5.99. The molecule has 1 heterocycles. The first-order chi connectivity index (χ1) is 14.5. The molecule has 2 aromatic rings.